The van der Waals surface area contributed by atoms with Crippen molar-refractivity contribution in [3.05, 3.63) is 21.7 Å². The minimum atomic E-state index is 0.112. The third-order valence-corrected chi connectivity index (χ3v) is 5.38. The molecule has 0 aromatic heterocycles. The lowest BCUT2D eigenvalue weighted by molar-refractivity contribution is 0.168. The van der Waals surface area contributed by atoms with Crippen molar-refractivity contribution < 1.29 is 9.47 Å². The molecular formula is C16H22BrNO2. The lowest BCUT2D eigenvalue weighted by atomic mass is 9.68. The largest absolute Gasteiger partial charge is 0.486 e. The molecule has 20 heavy (non-hydrogen) atoms. The number of halogens is 1. The highest BCUT2D eigenvalue weighted by molar-refractivity contribution is 9.10. The van der Waals surface area contributed by atoms with Gasteiger partial charge < -0.3 is 15.2 Å². The zero-order valence-electron chi connectivity index (χ0n) is 12.0. The first-order chi connectivity index (χ1) is 9.68. The van der Waals surface area contributed by atoms with Crippen LogP contribution in [-0.4, -0.2) is 19.8 Å². The Morgan fingerprint density at radius 2 is 1.80 bits per heavy atom. The van der Waals surface area contributed by atoms with Gasteiger partial charge in [0.25, 0.3) is 0 Å². The van der Waals surface area contributed by atoms with Crippen molar-refractivity contribution in [2.45, 2.75) is 44.4 Å². The summed E-state index contributed by atoms with van der Waals surface area (Å²) >= 11 is 3.64. The average Bonchev–Trinajstić information content (AvgIpc) is 2.51. The second-order valence-corrected chi connectivity index (χ2v) is 6.79. The minimum Gasteiger partial charge on any atom is -0.486 e. The van der Waals surface area contributed by atoms with Crippen molar-refractivity contribution in [3.8, 4) is 11.5 Å². The Balaban J connectivity index is 2.11. The summed E-state index contributed by atoms with van der Waals surface area (Å²) in [5.74, 6) is 1.75. The first kappa shape index (κ1) is 14.2. The molecule has 1 aliphatic carbocycles. The lowest BCUT2D eigenvalue weighted by Gasteiger charge is -2.39. The van der Waals surface area contributed by atoms with Crippen molar-refractivity contribution in [3.63, 3.8) is 0 Å². The molecule has 1 saturated carbocycles. The van der Waals surface area contributed by atoms with E-state index in [4.69, 9.17) is 15.2 Å². The van der Waals surface area contributed by atoms with Gasteiger partial charge in [-0.3, -0.25) is 0 Å². The smallest absolute Gasteiger partial charge is 0.175 e. The van der Waals surface area contributed by atoms with Gasteiger partial charge in [-0.15, -0.1) is 0 Å². The average molecular weight is 340 g/mol. The monoisotopic (exact) mass is 339 g/mol. The van der Waals surface area contributed by atoms with Crippen LogP contribution in [0.1, 0.15) is 43.2 Å². The standard InChI is InChI=1S/C16H22BrNO2/c1-11-12(16(10-18)5-3-2-4-6-16)9-13(17)15-14(11)19-7-8-20-15/h9H,2-8,10,18H2,1H3. The number of hydrogen-bond acceptors (Lipinski definition) is 3. The molecule has 1 aliphatic heterocycles. The SMILES string of the molecule is Cc1c(C2(CN)CCCCC2)cc(Br)c2c1OCCO2. The second kappa shape index (κ2) is 5.57. The maximum absolute atomic E-state index is 6.18. The Kier molecular flexibility index (Phi) is 3.95. The second-order valence-electron chi connectivity index (χ2n) is 5.93. The molecular weight excluding hydrogens is 318 g/mol. The Hall–Kier alpha value is -0.740. The Morgan fingerprint density at radius 3 is 2.45 bits per heavy atom. The van der Waals surface area contributed by atoms with Crippen LogP contribution in [0.5, 0.6) is 11.5 Å². The minimum absolute atomic E-state index is 0.112. The molecule has 0 spiro atoms. The predicted molar refractivity (Wildman–Crippen MR) is 83.7 cm³/mol. The lowest BCUT2D eigenvalue weighted by Crippen LogP contribution is -2.38. The maximum atomic E-state index is 6.18. The van der Waals surface area contributed by atoms with E-state index in [1.54, 1.807) is 0 Å². The first-order valence-electron chi connectivity index (χ1n) is 7.47. The van der Waals surface area contributed by atoms with Crippen LogP contribution in [0.2, 0.25) is 0 Å². The van der Waals surface area contributed by atoms with E-state index in [-0.39, 0.29) is 5.41 Å². The van der Waals surface area contributed by atoms with Crippen LogP contribution in [-0.2, 0) is 5.41 Å². The van der Waals surface area contributed by atoms with Gasteiger partial charge in [0.2, 0.25) is 0 Å². The van der Waals surface area contributed by atoms with E-state index in [2.05, 4.69) is 28.9 Å². The van der Waals surface area contributed by atoms with Crippen LogP contribution in [0.3, 0.4) is 0 Å². The molecule has 1 heterocycles. The van der Waals surface area contributed by atoms with Gasteiger partial charge in [0, 0.05) is 12.0 Å². The highest BCUT2D eigenvalue weighted by Crippen LogP contribution is 2.48. The zero-order chi connectivity index (χ0) is 14.2. The van der Waals surface area contributed by atoms with E-state index in [1.165, 1.54) is 43.2 Å². The van der Waals surface area contributed by atoms with E-state index in [0.29, 0.717) is 19.8 Å². The van der Waals surface area contributed by atoms with Gasteiger partial charge >= 0.3 is 0 Å². The zero-order valence-corrected chi connectivity index (χ0v) is 13.6. The maximum Gasteiger partial charge on any atom is 0.175 e. The third-order valence-electron chi connectivity index (χ3n) is 4.79. The molecule has 3 nitrogen and oxygen atoms in total. The van der Waals surface area contributed by atoms with Crippen LogP contribution < -0.4 is 15.2 Å². The first-order valence-corrected chi connectivity index (χ1v) is 8.26. The normalized spacial score (nSPS) is 20.8. The summed E-state index contributed by atoms with van der Waals surface area (Å²) < 4.78 is 12.6. The summed E-state index contributed by atoms with van der Waals surface area (Å²) in [4.78, 5) is 0. The number of rotatable bonds is 2. The van der Waals surface area contributed by atoms with Gasteiger partial charge in [-0.05, 0) is 52.9 Å². The van der Waals surface area contributed by atoms with Crippen molar-refractivity contribution in [1.82, 2.24) is 0 Å². The quantitative estimate of drug-likeness (QED) is 0.893. The van der Waals surface area contributed by atoms with E-state index >= 15 is 0 Å². The Labute approximate surface area is 129 Å². The van der Waals surface area contributed by atoms with Gasteiger partial charge in [0.1, 0.15) is 13.2 Å². The molecule has 1 fully saturated rings. The summed E-state index contributed by atoms with van der Waals surface area (Å²) in [6.07, 6.45) is 6.21. The van der Waals surface area contributed by atoms with Crippen LogP contribution in [0.25, 0.3) is 0 Å². The number of hydrogen-bond donors (Lipinski definition) is 1. The fraction of sp³-hybridized carbons (Fsp3) is 0.625. The molecule has 0 saturated heterocycles. The van der Waals surface area contributed by atoms with Crippen LogP contribution >= 0.6 is 15.9 Å². The molecule has 0 atom stereocenters. The van der Waals surface area contributed by atoms with Gasteiger partial charge in [0.05, 0.1) is 4.47 Å². The number of nitrogens with two attached hydrogens (primary N) is 1. The van der Waals surface area contributed by atoms with E-state index in [0.717, 1.165) is 16.0 Å². The van der Waals surface area contributed by atoms with Gasteiger partial charge in [-0.2, -0.15) is 0 Å². The van der Waals surface area contributed by atoms with Gasteiger partial charge in [-0.1, -0.05) is 19.3 Å². The molecule has 3 rings (SSSR count). The fourth-order valence-electron chi connectivity index (χ4n) is 3.66. The predicted octanol–water partition coefficient (Wildman–Crippen LogP) is 3.69. The van der Waals surface area contributed by atoms with Crippen LogP contribution in [0, 0.1) is 6.92 Å². The third kappa shape index (κ3) is 2.23. The van der Waals surface area contributed by atoms with E-state index in [9.17, 15) is 0 Å². The fourth-order valence-corrected chi connectivity index (χ4v) is 4.18. The van der Waals surface area contributed by atoms with E-state index < -0.39 is 0 Å². The summed E-state index contributed by atoms with van der Waals surface area (Å²) in [6, 6.07) is 2.21. The van der Waals surface area contributed by atoms with Gasteiger partial charge in [-0.25, -0.2) is 0 Å². The Morgan fingerprint density at radius 1 is 1.15 bits per heavy atom. The molecule has 2 N–H and O–H groups in total. The van der Waals surface area contributed by atoms with Crippen molar-refractivity contribution in [2.24, 2.45) is 5.73 Å². The van der Waals surface area contributed by atoms with Gasteiger partial charge in [0.15, 0.2) is 11.5 Å². The summed E-state index contributed by atoms with van der Waals surface area (Å²) in [5.41, 5.74) is 8.84. The number of benzene rings is 1. The molecule has 110 valence electrons. The highest BCUT2D eigenvalue weighted by atomic mass is 79.9. The molecule has 0 unspecified atom stereocenters. The van der Waals surface area contributed by atoms with Crippen molar-refractivity contribution >= 4 is 15.9 Å². The Bertz CT molecular complexity index is 510. The van der Waals surface area contributed by atoms with Crippen LogP contribution in [0.15, 0.2) is 10.5 Å². The molecule has 0 bridgehead atoms. The molecule has 4 heteroatoms. The highest BCUT2D eigenvalue weighted by Gasteiger charge is 2.36. The summed E-state index contributed by atoms with van der Waals surface area (Å²) in [7, 11) is 0. The molecule has 2 aliphatic rings. The van der Waals surface area contributed by atoms with E-state index in [1.807, 2.05) is 0 Å². The van der Waals surface area contributed by atoms with Crippen LogP contribution in [0.4, 0.5) is 0 Å². The molecule has 1 aromatic rings. The van der Waals surface area contributed by atoms with Crippen molar-refractivity contribution in [2.75, 3.05) is 19.8 Å². The summed E-state index contributed by atoms with van der Waals surface area (Å²) in [5, 5.41) is 0. The number of ether oxygens (including phenoxy) is 2. The topological polar surface area (TPSA) is 44.5 Å². The van der Waals surface area contributed by atoms with Crippen molar-refractivity contribution in [1.29, 1.82) is 0 Å². The number of fused-ring (bicyclic) bond motifs is 1. The summed E-state index contributed by atoms with van der Waals surface area (Å²) in [6.45, 7) is 4.09. The molecule has 0 amide bonds. The molecule has 1 aromatic carbocycles. The molecule has 0 radical (unpaired) electrons.